The summed E-state index contributed by atoms with van der Waals surface area (Å²) in [6, 6.07) is 0. The van der Waals surface area contributed by atoms with Crippen LogP contribution >= 0.6 is 0 Å². The van der Waals surface area contributed by atoms with E-state index in [0.29, 0.717) is 11.7 Å². The minimum atomic E-state index is 0.469. The van der Waals surface area contributed by atoms with Crippen LogP contribution in [0.15, 0.2) is 11.6 Å². The van der Waals surface area contributed by atoms with Crippen LogP contribution in [0.4, 0.5) is 0 Å². The Balaban J connectivity index is 1.94. The van der Waals surface area contributed by atoms with Crippen molar-refractivity contribution in [3.05, 3.63) is 11.6 Å². The SMILES string of the molecule is CC=C1C(=O)CC2CCCC3CCCC1C32. The Hall–Kier alpha value is -0.590. The second-order valence-corrected chi connectivity index (χ2v) is 5.94. The third-order valence-corrected chi connectivity index (χ3v) is 5.27. The summed E-state index contributed by atoms with van der Waals surface area (Å²) in [4.78, 5) is 12.1. The van der Waals surface area contributed by atoms with Gasteiger partial charge in [0, 0.05) is 6.42 Å². The first-order valence-electron chi connectivity index (χ1n) is 7.00. The van der Waals surface area contributed by atoms with Crippen molar-refractivity contribution in [2.24, 2.45) is 23.7 Å². The molecule has 3 saturated carbocycles. The van der Waals surface area contributed by atoms with E-state index in [1.165, 1.54) is 44.1 Å². The van der Waals surface area contributed by atoms with Gasteiger partial charge in [-0.2, -0.15) is 0 Å². The minimum Gasteiger partial charge on any atom is -0.295 e. The van der Waals surface area contributed by atoms with Gasteiger partial charge in [0.2, 0.25) is 0 Å². The fourth-order valence-electron chi connectivity index (χ4n) is 4.74. The first-order valence-corrected chi connectivity index (χ1v) is 7.00. The van der Waals surface area contributed by atoms with E-state index < -0.39 is 0 Å². The predicted octanol–water partition coefficient (Wildman–Crippen LogP) is 3.74. The molecule has 3 aliphatic rings. The van der Waals surface area contributed by atoms with Gasteiger partial charge >= 0.3 is 0 Å². The van der Waals surface area contributed by atoms with E-state index in [1.807, 2.05) is 0 Å². The second-order valence-electron chi connectivity index (χ2n) is 5.94. The maximum atomic E-state index is 12.1. The highest BCUT2D eigenvalue weighted by Gasteiger charge is 2.46. The Morgan fingerprint density at radius 1 is 1.06 bits per heavy atom. The van der Waals surface area contributed by atoms with Gasteiger partial charge in [0.25, 0.3) is 0 Å². The number of hydrogen-bond donors (Lipinski definition) is 0. The van der Waals surface area contributed by atoms with Crippen LogP contribution in [0.25, 0.3) is 0 Å². The Labute approximate surface area is 98.3 Å². The van der Waals surface area contributed by atoms with Crippen molar-refractivity contribution < 1.29 is 4.79 Å². The summed E-state index contributed by atoms with van der Waals surface area (Å²) in [6.45, 7) is 2.06. The van der Waals surface area contributed by atoms with Crippen molar-refractivity contribution in [2.45, 2.75) is 51.9 Å². The molecule has 4 atom stereocenters. The van der Waals surface area contributed by atoms with Gasteiger partial charge < -0.3 is 0 Å². The number of carbonyl (C=O) groups excluding carboxylic acids is 1. The van der Waals surface area contributed by atoms with Crippen molar-refractivity contribution in [1.29, 1.82) is 0 Å². The molecule has 88 valence electrons. The highest BCUT2D eigenvalue weighted by atomic mass is 16.1. The quantitative estimate of drug-likeness (QED) is 0.566. The zero-order valence-corrected chi connectivity index (χ0v) is 10.2. The van der Waals surface area contributed by atoms with Crippen LogP contribution in [0.1, 0.15) is 51.9 Å². The molecule has 0 aromatic heterocycles. The number of allylic oxidation sites excluding steroid dienone is 2. The van der Waals surface area contributed by atoms with Crippen LogP contribution in [-0.2, 0) is 4.79 Å². The zero-order chi connectivity index (χ0) is 11.1. The number of hydrogen-bond acceptors (Lipinski definition) is 1. The van der Waals surface area contributed by atoms with Crippen molar-refractivity contribution in [3.8, 4) is 0 Å². The lowest BCUT2D eigenvalue weighted by Gasteiger charge is -2.49. The smallest absolute Gasteiger partial charge is 0.159 e. The third kappa shape index (κ3) is 1.48. The Morgan fingerprint density at radius 3 is 2.50 bits per heavy atom. The third-order valence-electron chi connectivity index (χ3n) is 5.27. The van der Waals surface area contributed by atoms with Gasteiger partial charge in [-0.3, -0.25) is 4.79 Å². The van der Waals surface area contributed by atoms with E-state index in [0.717, 1.165) is 24.2 Å². The normalized spacial score (nSPS) is 45.6. The van der Waals surface area contributed by atoms with E-state index in [9.17, 15) is 4.79 Å². The molecule has 0 saturated heterocycles. The van der Waals surface area contributed by atoms with Crippen LogP contribution in [0.5, 0.6) is 0 Å². The topological polar surface area (TPSA) is 17.1 Å². The van der Waals surface area contributed by atoms with E-state index in [4.69, 9.17) is 0 Å². The first-order chi connectivity index (χ1) is 7.81. The molecule has 0 aromatic rings. The monoisotopic (exact) mass is 218 g/mol. The molecule has 1 nitrogen and oxygen atoms in total. The summed E-state index contributed by atoms with van der Waals surface area (Å²) >= 11 is 0. The molecular formula is C15H22O. The summed E-state index contributed by atoms with van der Waals surface area (Å²) in [5.74, 6) is 3.65. The van der Waals surface area contributed by atoms with Gasteiger partial charge in [0.05, 0.1) is 0 Å². The maximum Gasteiger partial charge on any atom is 0.159 e. The van der Waals surface area contributed by atoms with Gasteiger partial charge in [-0.1, -0.05) is 31.8 Å². The highest BCUT2D eigenvalue weighted by Crippen LogP contribution is 2.53. The van der Waals surface area contributed by atoms with Gasteiger partial charge in [-0.05, 0) is 49.0 Å². The van der Waals surface area contributed by atoms with Crippen LogP contribution in [0.2, 0.25) is 0 Å². The standard InChI is InChI=1S/C15H22O/c1-2-12-13-8-4-6-10-5-3-7-11(15(10)13)9-14(12)16/h2,10-11,13,15H,3-9H2,1H3. The fraction of sp³-hybridized carbons (Fsp3) is 0.800. The van der Waals surface area contributed by atoms with Gasteiger partial charge in [-0.15, -0.1) is 0 Å². The summed E-state index contributed by atoms with van der Waals surface area (Å²) in [5, 5.41) is 0. The summed E-state index contributed by atoms with van der Waals surface area (Å²) in [6.07, 6.45) is 11.2. The van der Waals surface area contributed by atoms with Crippen molar-refractivity contribution in [1.82, 2.24) is 0 Å². The van der Waals surface area contributed by atoms with Crippen LogP contribution < -0.4 is 0 Å². The van der Waals surface area contributed by atoms with E-state index in [-0.39, 0.29) is 0 Å². The van der Waals surface area contributed by atoms with Crippen molar-refractivity contribution in [2.75, 3.05) is 0 Å². The molecule has 0 aromatic carbocycles. The minimum absolute atomic E-state index is 0.469. The molecule has 0 bridgehead atoms. The predicted molar refractivity (Wildman–Crippen MR) is 65.0 cm³/mol. The molecule has 4 unspecified atom stereocenters. The summed E-state index contributed by atoms with van der Waals surface area (Å²) in [7, 11) is 0. The Kier molecular flexibility index (Phi) is 2.65. The van der Waals surface area contributed by atoms with E-state index >= 15 is 0 Å². The lowest BCUT2D eigenvalue weighted by Crippen LogP contribution is -2.44. The summed E-state index contributed by atoms with van der Waals surface area (Å²) < 4.78 is 0. The van der Waals surface area contributed by atoms with E-state index in [1.54, 1.807) is 0 Å². The number of ketones is 1. The first kappa shape index (κ1) is 10.6. The van der Waals surface area contributed by atoms with Crippen LogP contribution in [0.3, 0.4) is 0 Å². The average molecular weight is 218 g/mol. The number of rotatable bonds is 0. The fourth-order valence-corrected chi connectivity index (χ4v) is 4.74. The van der Waals surface area contributed by atoms with Gasteiger partial charge in [0.15, 0.2) is 5.78 Å². The molecule has 0 spiro atoms. The molecule has 16 heavy (non-hydrogen) atoms. The number of Topliss-reactive ketones (excluding diaryl/α,β-unsaturated/α-hetero) is 1. The Bertz CT molecular complexity index is 326. The van der Waals surface area contributed by atoms with Crippen molar-refractivity contribution in [3.63, 3.8) is 0 Å². The van der Waals surface area contributed by atoms with Crippen LogP contribution in [0, 0.1) is 23.7 Å². The molecule has 3 aliphatic carbocycles. The number of carbonyl (C=O) groups is 1. The lowest BCUT2D eigenvalue weighted by atomic mass is 9.55. The van der Waals surface area contributed by atoms with E-state index in [2.05, 4.69) is 13.0 Å². The molecule has 0 radical (unpaired) electrons. The molecule has 3 fully saturated rings. The highest BCUT2D eigenvalue weighted by molar-refractivity contribution is 5.96. The van der Waals surface area contributed by atoms with Crippen molar-refractivity contribution >= 4 is 5.78 Å². The molecule has 1 heteroatoms. The molecular weight excluding hydrogens is 196 g/mol. The average Bonchev–Trinajstić information content (AvgIpc) is 2.30. The molecule has 0 N–H and O–H groups in total. The molecule has 0 heterocycles. The van der Waals surface area contributed by atoms with Crippen LogP contribution in [-0.4, -0.2) is 5.78 Å². The van der Waals surface area contributed by atoms with Gasteiger partial charge in [-0.25, -0.2) is 0 Å². The molecule has 0 aliphatic heterocycles. The Morgan fingerprint density at radius 2 is 1.75 bits per heavy atom. The lowest BCUT2D eigenvalue weighted by molar-refractivity contribution is -0.122. The maximum absolute atomic E-state index is 12.1. The molecule has 0 amide bonds. The largest absolute Gasteiger partial charge is 0.295 e. The zero-order valence-electron chi connectivity index (χ0n) is 10.2. The summed E-state index contributed by atoms with van der Waals surface area (Å²) in [5.41, 5.74) is 1.19. The van der Waals surface area contributed by atoms with Gasteiger partial charge in [0.1, 0.15) is 0 Å². The second kappa shape index (κ2) is 4.01. The molecule has 3 rings (SSSR count).